The molecule has 1 atom stereocenters. The van der Waals surface area contributed by atoms with Crippen molar-refractivity contribution in [1.29, 1.82) is 0 Å². The van der Waals surface area contributed by atoms with Crippen molar-refractivity contribution in [2.45, 2.75) is 30.8 Å². The van der Waals surface area contributed by atoms with Crippen molar-refractivity contribution < 1.29 is 9.47 Å². The van der Waals surface area contributed by atoms with E-state index in [2.05, 4.69) is 15.1 Å². The Labute approximate surface area is 128 Å². The van der Waals surface area contributed by atoms with Crippen LogP contribution in [0.3, 0.4) is 0 Å². The van der Waals surface area contributed by atoms with E-state index in [4.69, 9.17) is 14.6 Å². The SMILES string of the molecule is c1cc2nnc(C3CC3)n2nc1N1CCOC2(CCOC2)C1. The van der Waals surface area contributed by atoms with Crippen LogP contribution < -0.4 is 4.90 Å². The molecule has 0 aromatic carbocycles. The molecule has 1 aliphatic carbocycles. The quantitative estimate of drug-likeness (QED) is 0.824. The van der Waals surface area contributed by atoms with Gasteiger partial charge >= 0.3 is 0 Å². The Balaban J connectivity index is 1.48. The smallest absolute Gasteiger partial charge is 0.178 e. The van der Waals surface area contributed by atoms with E-state index in [1.807, 2.05) is 16.6 Å². The van der Waals surface area contributed by atoms with Gasteiger partial charge in [0, 0.05) is 25.5 Å². The summed E-state index contributed by atoms with van der Waals surface area (Å²) in [5.41, 5.74) is 0.680. The van der Waals surface area contributed by atoms with Crippen LogP contribution in [0, 0.1) is 0 Å². The highest BCUT2D eigenvalue weighted by atomic mass is 16.6. The summed E-state index contributed by atoms with van der Waals surface area (Å²) in [4.78, 5) is 2.30. The number of nitrogens with zero attached hydrogens (tertiary/aromatic N) is 5. The largest absolute Gasteiger partial charge is 0.378 e. The van der Waals surface area contributed by atoms with Crippen LogP contribution in [0.4, 0.5) is 5.82 Å². The highest BCUT2D eigenvalue weighted by molar-refractivity contribution is 5.47. The van der Waals surface area contributed by atoms with Crippen molar-refractivity contribution in [2.75, 3.05) is 37.8 Å². The van der Waals surface area contributed by atoms with Gasteiger partial charge in [-0.15, -0.1) is 15.3 Å². The molecule has 7 nitrogen and oxygen atoms in total. The van der Waals surface area contributed by atoms with E-state index in [1.54, 1.807) is 0 Å². The molecule has 2 aromatic rings. The Morgan fingerprint density at radius 1 is 1.18 bits per heavy atom. The van der Waals surface area contributed by atoms with E-state index >= 15 is 0 Å². The molecule has 2 aromatic heterocycles. The highest BCUT2D eigenvalue weighted by Crippen LogP contribution is 2.39. The fourth-order valence-electron chi connectivity index (χ4n) is 3.43. The number of hydrogen-bond donors (Lipinski definition) is 0. The van der Waals surface area contributed by atoms with E-state index < -0.39 is 0 Å². The second-order valence-electron chi connectivity index (χ2n) is 6.55. The Bertz CT molecular complexity index is 705. The molecule has 4 heterocycles. The molecular formula is C15H19N5O2. The maximum Gasteiger partial charge on any atom is 0.178 e. The number of aromatic nitrogens is 4. The predicted molar refractivity (Wildman–Crippen MR) is 79.1 cm³/mol. The standard InChI is InChI=1S/C15H19N5O2/c1-2-11(1)14-17-16-12-3-4-13(18-20(12)14)19-6-8-22-15(9-19)5-7-21-10-15/h3-4,11H,1-2,5-10H2. The monoisotopic (exact) mass is 301 g/mol. The van der Waals surface area contributed by atoms with Crippen LogP contribution in [-0.2, 0) is 9.47 Å². The second kappa shape index (κ2) is 4.63. The Morgan fingerprint density at radius 2 is 2.14 bits per heavy atom. The van der Waals surface area contributed by atoms with Gasteiger partial charge in [-0.1, -0.05) is 0 Å². The van der Waals surface area contributed by atoms with Crippen molar-refractivity contribution in [3.8, 4) is 0 Å². The maximum atomic E-state index is 6.00. The van der Waals surface area contributed by atoms with E-state index in [9.17, 15) is 0 Å². The summed E-state index contributed by atoms with van der Waals surface area (Å²) in [5, 5.41) is 13.3. The fourth-order valence-corrected chi connectivity index (χ4v) is 3.43. The van der Waals surface area contributed by atoms with E-state index in [0.717, 1.165) is 50.0 Å². The lowest BCUT2D eigenvalue weighted by Gasteiger charge is -2.39. The average Bonchev–Trinajstić information content (AvgIpc) is 3.16. The molecule has 0 bridgehead atoms. The first-order chi connectivity index (χ1) is 10.8. The summed E-state index contributed by atoms with van der Waals surface area (Å²) < 4.78 is 13.5. The summed E-state index contributed by atoms with van der Waals surface area (Å²) >= 11 is 0. The van der Waals surface area contributed by atoms with Gasteiger partial charge in [-0.3, -0.25) is 0 Å². The van der Waals surface area contributed by atoms with Crippen LogP contribution in [0.1, 0.15) is 31.0 Å². The fraction of sp³-hybridized carbons (Fsp3) is 0.667. The van der Waals surface area contributed by atoms with Gasteiger partial charge < -0.3 is 14.4 Å². The normalized spacial score (nSPS) is 28.8. The first-order valence-electron chi connectivity index (χ1n) is 8.02. The van der Waals surface area contributed by atoms with Crippen LogP contribution in [0.5, 0.6) is 0 Å². The average molecular weight is 301 g/mol. The molecule has 1 saturated carbocycles. The lowest BCUT2D eigenvalue weighted by molar-refractivity contribution is -0.0581. The number of anilines is 1. The molecule has 7 heteroatoms. The molecule has 0 radical (unpaired) electrons. The van der Waals surface area contributed by atoms with E-state index in [0.29, 0.717) is 12.5 Å². The van der Waals surface area contributed by atoms with Gasteiger partial charge in [0.05, 0.1) is 19.8 Å². The molecule has 116 valence electrons. The summed E-state index contributed by atoms with van der Waals surface area (Å²) in [5.74, 6) is 2.52. The number of ether oxygens (including phenoxy) is 2. The Morgan fingerprint density at radius 3 is 2.95 bits per heavy atom. The van der Waals surface area contributed by atoms with Gasteiger partial charge in [-0.05, 0) is 25.0 Å². The molecule has 2 saturated heterocycles. The lowest BCUT2D eigenvalue weighted by atomic mass is 10.0. The maximum absolute atomic E-state index is 6.00. The summed E-state index contributed by atoms with van der Waals surface area (Å²) in [6, 6.07) is 4.05. The Kier molecular flexibility index (Phi) is 2.69. The van der Waals surface area contributed by atoms with E-state index in [-0.39, 0.29) is 5.60 Å². The topological polar surface area (TPSA) is 64.8 Å². The summed E-state index contributed by atoms with van der Waals surface area (Å²) in [6.07, 6.45) is 3.36. The van der Waals surface area contributed by atoms with Crippen LogP contribution in [0.2, 0.25) is 0 Å². The first kappa shape index (κ1) is 12.8. The number of rotatable bonds is 2. The van der Waals surface area contributed by atoms with Crippen molar-refractivity contribution >= 4 is 11.5 Å². The molecule has 1 spiro atoms. The number of morpholine rings is 1. The number of hydrogen-bond acceptors (Lipinski definition) is 6. The minimum atomic E-state index is -0.151. The minimum absolute atomic E-state index is 0.151. The molecule has 0 amide bonds. The summed E-state index contributed by atoms with van der Waals surface area (Å²) in [7, 11) is 0. The highest BCUT2D eigenvalue weighted by Gasteiger charge is 2.41. The molecule has 0 N–H and O–H groups in total. The molecule has 1 unspecified atom stereocenters. The van der Waals surface area contributed by atoms with Crippen LogP contribution in [0.25, 0.3) is 5.65 Å². The molecule has 3 aliphatic rings. The second-order valence-corrected chi connectivity index (χ2v) is 6.55. The van der Waals surface area contributed by atoms with Crippen LogP contribution in [-0.4, -0.2) is 58.3 Å². The van der Waals surface area contributed by atoms with Gasteiger partial charge in [-0.2, -0.15) is 4.52 Å². The summed E-state index contributed by atoms with van der Waals surface area (Å²) in [6.45, 7) is 3.90. The molecule has 5 rings (SSSR count). The first-order valence-corrected chi connectivity index (χ1v) is 8.02. The minimum Gasteiger partial charge on any atom is -0.378 e. The van der Waals surface area contributed by atoms with Crippen LogP contribution in [0.15, 0.2) is 12.1 Å². The predicted octanol–water partition coefficient (Wildman–Crippen LogP) is 0.997. The van der Waals surface area contributed by atoms with E-state index in [1.165, 1.54) is 12.8 Å². The van der Waals surface area contributed by atoms with Gasteiger partial charge in [0.25, 0.3) is 0 Å². The third kappa shape index (κ3) is 1.99. The third-order valence-electron chi connectivity index (χ3n) is 4.85. The van der Waals surface area contributed by atoms with Gasteiger partial charge in [0.15, 0.2) is 11.5 Å². The van der Waals surface area contributed by atoms with Crippen LogP contribution >= 0.6 is 0 Å². The van der Waals surface area contributed by atoms with Gasteiger partial charge in [-0.25, -0.2) is 0 Å². The molecule has 2 aliphatic heterocycles. The zero-order valence-corrected chi connectivity index (χ0v) is 12.4. The van der Waals surface area contributed by atoms with Crippen molar-refractivity contribution in [3.63, 3.8) is 0 Å². The molecule has 3 fully saturated rings. The number of fused-ring (bicyclic) bond motifs is 1. The molecular weight excluding hydrogens is 282 g/mol. The van der Waals surface area contributed by atoms with Crippen molar-refractivity contribution in [1.82, 2.24) is 19.8 Å². The molecule has 22 heavy (non-hydrogen) atoms. The zero-order valence-electron chi connectivity index (χ0n) is 12.4. The van der Waals surface area contributed by atoms with Crippen molar-refractivity contribution in [3.05, 3.63) is 18.0 Å². The zero-order chi connectivity index (χ0) is 14.6. The third-order valence-corrected chi connectivity index (χ3v) is 4.85. The van der Waals surface area contributed by atoms with Gasteiger partial charge in [0.1, 0.15) is 11.4 Å². The Hall–Kier alpha value is -1.73. The lowest BCUT2D eigenvalue weighted by Crippen LogP contribution is -2.52. The van der Waals surface area contributed by atoms with Gasteiger partial charge in [0.2, 0.25) is 0 Å². The van der Waals surface area contributed by atoms with Crippen molar-refractivity contribution in [2.24, 2.45) is 0 Å².